The Hall–Kier alpha value is -2.60. The lowest BCUT2D eigenvalue weighted by Gasteiger charge is -2.35. The van der Waals surface area contributed by atoms with Crippen molar-refractivity contribution >= 4 is 23.2 Å². The topological polar surface area (TPSA) is 74.7 Å². The van der Waals surface area contributed by atoms with Gasteiger partial charge in [0, 0.05) is 23.7 Å². The van der Waals surface area contributed by atoms with Crippen LogP contribution in [-0.4, -0.2) is 36.4 Å². The molecule has 4 rings (SSSR count). The van der Waals surface area contributed by atoms with Gasteiger partial charge in [-0.1, -0.05) is 18.5 Å². The molecule has 2 atom stereocenters. The lowest BCUT2D eigenvalue weighted by molar-refractivity contribution is 0.0257. The number of halogens is 1. The molecule has 1 aromatic heterocycles. The third-order valence-corrected chi connectivity index (χ3v) is 5.44. The van der Waals surface area contributed by atoms with Crippen molar-refractivity contribution in [2.24, 2.45) is 5.92 Å². The van der Waals surface area contributed by atoms with E-state index >= 15 is 0 Å². The van der Waals surface area contributed by atoms with Crippen LogP contribution >= 0.6 is 11.6 Å². The number of hydrogen-bond donors (Lipinski definition) is 0. The number of pyridine rings is 1. The first-order chi connectivity index (χ1) is 12.5. The molecule has 1 spiro atoms. The molecule has 1 aliphatic heterocycles. The number of hydrogen-bond acceptors (Lipinski definition) is 6. The van der Waals surface area contributed by atoms with E-state index in [-0.39, 0.29) is 22.1 Å². The van der Waals surface area contributed by atoms with E-state index in [2.05, 4.69) is 4.98 Å². The van der Waals surface area contributed by atoms with Crippen LogP contribution in [0.15, 0.2) is 24.4 Å². The van der Waals surface area contributed by atoms with Crippen LogP contribution in [0.25, 0.3) is 0 Å². The van der Waals surface area contributed by atoms with E-state index in [1.54, 1.807) is 25.3 Å². The van der Waals surface area contributed by atoms with Crippen LogP contribution in [0.1, 0.15) is 33.3 Å². The molecule has 0 N–H and O–H groups in total. The average Bonchev–Trinajstić information content (AvgIpc) is 2.96. The van der Waals surface area contributed by atoms with Gasteiger partial charge in [0.2, 0.25) is 17.2 Å². The molecule has 2 aliphatic rings. The van der Waals surface area contributed by atoms with Crippen molar-refractivity contribution in [1.82, 2.24) is 4.98 Å². The summed E-state index contributed by atoms with van der Waals surface area (Å²) in [5.41, 5.74) is -0.431. The standard InChI is InChI=1S/C19H16ClNO5/c1-9-7-11-10(5-4-6-21-11)17(22)19(9)18(23)14-12(24-2)8-13(25-3)15(20)16(14)26-19/h4-6,8-9H,7H2,1-3H3/t9?,19-/m0/s1. The summed E-state index contributed by atoms with van der Waals surface area (Å²) in [6, 6.07) is 4.86. The van der Waals surface area contributed by atoms with E-state index in [1.165, 1.54) is 20.3 Å². The average molecular weight is 374 g/mol. The number of ketones is 2. The molecule has 134 valence electrons. The molecule has 0 fully saturated rings. The second-order valence-corrected chi connectivity index (χ2v) is 6.78. The SMILES string of the molecule is COc1cc(OC)c2c(c1Cl)O[C@@]1(C(=O)c3cccnc3CC1C)C2=O. The summed E-state index contributed by atoms with van der Waals surface area (Å²) < 4.78 is 16.6. The predicted molar refractivity (Wildman–Crippen MR) is 93.7 cm³/mol. The van der Waals surface area contributed by atoms with Crippen molar-refractivity contribution < 1.29 is 23.8 Å². The lowest BCUT2D eigenvalue weighted by Crippen LogP contribution is -2.56. The van der Waals surface area contributed by atoms with Gasteiger partial charge in [0.15, 0.2) is 5.75 Å². The number of carbonyl (C=O) groups excluding carboxylic acids is 2. The first-order valence-corrected chi connectivity index (χ1v) is 8.50. The van der Waals surface area contributed by atoms with E-state index in [4.69, 9.17) is 25.8 Å². The van der Waals surface area contributed by atoms with Crippen molar-refractivity contribution in [3.63, 3.8) is 0 Å². The maximum atomic E-state index is 13.4. The van der Waals surface area contributed by atoms with Crippen LogP contribution in [0.2, 0.25) is 5.02 Å². The molecule has 2 heterocycles. The molecule has 0 saturated carbocycles. The maximum absolute atomic E-state index is 13.4. The quantitative estimate of drug-likeness (QED) is 0.753. The third kappa shape index (κ3) is 1.96. The number of aromatic nitrogens is 1. The van der Waals surface area contributed by atoms with Gasteiger partial charge in [-0.05, 0) is 18.6 Å². The molecule has 0 saturated heterocycles. The van der Waals surface area contributed by atoms with Gasteiger partial charge < -0.3 is 14.2 Å². The fraction of sp³-hybridized carbons (Fsp3) is 0.316. The highest BCUT2D eigenvalue weighted by molar-refractivity contribution is 6.36. The Labute approximate surface area is 155 Å². The van der Waals surface area contributed by atoms with Crippen LogP contribution in [0.5, 0.6) is 17.2 Å². The number of fused-ring (bicyclic) bond motifs is 2. The summed E-state index contributed by atoms with van der Waals surface area (Å²) >= 11 is 6.37. The van der Waals surface area contributed by atoms with E-state index in [9.17, 15) is 9.59 Å². The van der Waals surface area contributed by atoms with Gasteiger partial charge in [-0.25, -0.2) is 0 Å². The van der Waals surface area contributed by atoms with Crippen molar-refractivity contribution in [3.8, 4) is 17.2 Å². The second-order valence-electron chi connectivity index (χ2n) is 6.40. The van der Waals surface area contributed by atoms with E-state index in [1.807, 2.05) is 0 Å². The normalized spacial score (nSPS) is 23.5. The Kier molecular flexibility index (Phi) is 3.70. The number of nitrogens with zero attached hydrogens (tertiary/aromatic N) is 1. The molecule has 0 bridgehead atoms. The zero-order valence-corrected chi connectivity index (χ0v) is 15.2. The minimum absolute atomic E-state index is 0.125. The Bertz CT molecular complexity index is 957. The highest BCUT2D eigenvalue weighted by atomic mass is 35.5. The number of methoxy groups -OCH3 is 2. The highest BCUT2D eigenvalue weighted by Gasteiger charge is 2.61. The summed E-state index contributed by atoms with van der Waals surface area (Å²) in [4.78, 5) is 31.0. The molecule has 0 radical (unpaired) electrons. The summed E-state index contributed by atoms with van der Waals surface area (Å²) in [7, 11) is 2.89. The Morgan fingerprint density at radius 3 is 2.65 bits per heavy atom. The number of Topliss-reactive ketones (excluding diaryl/α,β-unsaturated/α-hetero) is 2. The minimum Gasteiger partial charge on any atom is -0.496 e. The predicted octanol–water partition coefficient (Wildman–Crippen LogP) is 3.14. The molecule has 2 aromatic rings. The van der Waals surface area contributed by atoms with E-state index < -0.39 is 23.1 Å². The Balaban J connectivity index is 1.94. The van der Waals surface area contributed by atoms with Crippen molar-refractivity contribution in [1.29, 1.82) is 0 Å². The van der Waals surface area contributed by atoms with Crippen LogP contribution in [0.4, 0.5) is 0 Å². The zero-order valence-electron chi connectivity index (χ0n) is 14.5. The molecule has 7 heteroatoms. The van der Waals surface area contributed by atoms with Gasteiger partial charge in [0.25, 0.3) is 0 Å². The first kappa shape index (κ1) is 16.8. The monoisotopic (exact) mass is 373 g/mol. The maximum Gasteiger partial charge on any atom is 0.236 e. The van der Waals surface area contributed by atoms with Crippen molar-refractivity contribution in [3.05, 3.63) is 46.2 Å². The van der Waals surface area contributed by atoms with Gasteiger partial charge >= 0.3 is 0 Å². The van der Waals surface area contributed by atoms with Gasteiger partial charge in [0.1, 0.15) is 22.1 Å². The number of rotatable bonds is 2. The fourth-order valence-corrected chi connectivity index (χ4v) is 4.01. The van der Waals surface area contributed by atoms with Crippen LogP contribution < -0.4 is 14.2 Å². The summed E-state index contributed by atoms with van der Waals surface area (Å²) in [6.07, 6.45) is 2.08. The second kappa shape index (κ2) is 5.71. The lowest BCUT2D eigenvalue weighted by atomic mass is 9.71. The Morgan fingerprint density at radius 2 is 1.96 bits per heavy atom. The molecular formula is C19H16ClNO5. The van der Waals surface area contributed by atoms with Crippen molar-refractivity contribution in [2.45, 2.75) is 18.9 Å². The number of ether oxygens (including phenoxy) is 3. The summed E-state index contributed by atoms with van der Waals surface area (Å²) in [6.45, 7) is 1.80. The van der Waals surface area contributed by atoms with Gasteiger partial charge in [-0.15, -0.1) is 0 Å². The Morgan fingerprint density at radius 1 is 1.23 bits per heavy atom. The molecule has 1 aliphatic carbocycles. The third-order valence-electron chi connectivity index (χ3n) is 5.08. The first-order valence-electron chi connectivity index (χ1n) is 8.12. The van der Waals surface area contributed by atoms with Gasteiger partial charge in [0.05, 0.1) is 19.9 Å². The molecule has 1 aromatic carbocycles. The molecule has 0 amide bonds. The minimum atomic E-state index is -1.67. The van der Waals surface area contributed by atoms with Crippen molar-refractivity contribution in [2.75, 3.05) is 14.2 Å². The smallest absolute Gasteiger partial charge is 0.236 e. The van der Waals surface area contributed by atoms with Crippen LogP contribution in [0.3, 0.4) is 0 Å². The summed E-state index contributed by atoms with van der Waals surface area (Å²) in [5, 5.41) is 0.144. The van der Waals surface area contributed by atoms with Gasteiger partial charge in [-0.3, -0.25) is 14.6 Å². The molecule has 26 heavy (non-hydrogen) atoms. The largest absolute Gasteiger partial charge is 0.496 e. The van der Waals surface area contributed by atoms with Gasteiger partial charge in [-0.2, -0.15) is 0 Å². The zero-order chi connectivity index (χ0) is 18.6. The summed E-state index contributed by atoms with van der Waals surface area (Å²) in [5.74, 6) is -0.562. The fourth-order valence-electron chi connectivity index (χ4n) is 3.74. The highest BCUT2D eigenvalue weighted by Crippen LogP contribution is 2.53. The molecule has 6 nitrogen and oxygen atoms in total. The van der Waals surface area contributed by atoms with Crippen LogP contribution in [-0.2, 0) is 6.42 Å². The van der Waals surface area contributed by atoms with Crippen LogP contribution in [0, 0.1) is 5.92 Å². The number of benzene rings is 1. The van der Waals surface area contributed by atoms with E-state index in [0.29, 0.717) is 23.4 Å². The van der Waals surface area contributed by atoms with E-state index in [0.717, 1.165) is 0 Å². The molecular weight excluding hydrogens is 358 g/mol. The molecule has 1 unspecified atom stereocenters. The number of carbonyl (C=O) groups is 2.